The molecule has 0 spiro atoms. The van der Waals surface area contributed by atoms with Gasteiger partial charge in [-0.25, -0.2) is 8.78 Å². The molecule has 1 aromatic carbocycles. The third-order valence-corrected chi connectivity index (χ3v) is 5.28. The second-order valence-corrected chi connectivity index (χ2v) is 7.28. The van der Waals surface area contributed by atoms with Crippen molar-refractivity contribution in [3.8, 4) is 0 Å². The molecule has 2 amide bonds. The summed E-state index contributed by atoms with van der Waals surface area (Å²) >= 11 is 0. The van der Waals surface area contributed by atoms with Crippen molar-refractivity contribution in [2.24, 2.45) is 5.92 Å². The molecule has 150 valence electrons. The molecule has 2 aliphatic rings. The zero-order chi connectivity index (χ0) is 18.7. The first kappa shape index (κ1) is 21.6. The van der Waals surface area contributed by atoms with E-state index in [4.69, 9.17) is 0 Å². The predicted molar refractivity (Wildman–Crippen MR) is 101 cm³/mol. The largest absolute Gasteiger partial charge is 0.353 e. The van der Waals surface area contributed by atoms with Gasteiger partial charge in [0.05, 0.1) is 5.56 Å². The van der Waals surface area contributed by atoms with E-state index in [1.165, 1.54) is 11.0 Å². The minimum atomic E-state index is -0.852. The van der Waals surface area contributed by atoms with Gasteiger partial charge in [0.2, 0.25) is 5.91 Å². The summed E-state index contributed by atoms with van der Waals surface area (Å²) in [7, 11) is 0. The zero-order valence-electron chi connectivity index (χ0n) is 15.3. The van der Waals surface area contributed by atoms with Crippen molar-refractivity contribution in [1.29, 1.82) is 0 Å². The van der Waals surface area contributed by atoms with Gasteiger partial charge in [-0.3, -0.25) is 9.59 Å². The standard InChI is InChI=1S/C19H25F2N3O2.ClH/c1-12-10-15(4-7-22-12)23-18(25)13-5-8-24(9-6-13)19(26)16-3-2-14(20)11-17(16)21;/h2-3,11-13,15,22H,4-10H2,1H3,(H,23,25);1H. The van der Waals surface area contributed by atoms with Crippen molar-refractivity contribution < 1.29 is 18.4 Å². The molecule has 2 atom stereocenters. The monoisotopic (exact) mass is 401 g/mol. The van der Waals surface area contributed by atoms with Crippen molar-refractivity contribution >= 4 is 24.2 Å². The molecule has 5 nitrogen and oxygen atoms in total. The van der Waals surface area contributed by atoms with Crippen LogP contribution in [0.2, 0.25) is 0 Å². The first-order chi connectivity index (χ1) is 12.4. The molecule has 0 aromatic heterocycles. The maximum absolute atomic E-state index is 13.8. The Hall–Kier alpha value is -1.73. The molecule has 2 heterocycles. The van der Waals surface area contributed by atoms with Crippen LogP contribution in [0.3, 0.4) is 0 Å². The molecule has 2 unspecified atom stereocenters. The van der Waals surface area contributed by atoms with Crippen LogP contribution in [0.5, 0.6) is 0 Å². The Morgan fingerprint density at radius 1 is 1.19 bits per heavy atom. The minimum Gasteiger partial charge on any atom is -0.353 e. The number of benzene rings is 1. The van der Waals surface area contributed by atoms with Crippen molar-refractivity contribution in [1.82, 2.24) is 15.5 Å². The number of hydrogen-bond donors (Lipinski definition) is 2. The lowest BCUT2D eigenvalue weighted by Gasteiger charge is -2.34. The Labute approximate surface area is 164 Å². The topological polar surface area (TPSA) is 61.4 Å². The number of piperidine rings is 2. The van der Waals surface area contributed by atoms with E-state index in [1.54, 1.807) is 0 Å². The summed E-state index contributed by atoms with van der Waals surface area (Å²) in [4.78, 5) is 26.4. The highest BCUT2D eigenvalue weighted by Gasteiger charge is 2.30. The molecular weight excluding hydrogens is 376 g/mol. The van der Waals surface area contributed by atoms with Crippen molar-refractivity contribution in [3.05, 3.63) is 35.4 Å². The van der Waals surface area contributed by atoms with Crippen LogP contribution in [0, 0.1) is 17.6 Å². The molecule has 1 aromatic rings. The smallest absolute Gasteiger partial charge is 0.256 e. The third kappa shape index (κ3) is 5.39. The summed E-state index contributed by atoms with van der Waals surface area (Å²) in [6.45, 7) is 3.81. The van der Waals surface area contributed by atoms with E-state index in [1.807, 2.05) is 0 Å². The fourth-order valence-electron chi connectivity index (χ4n) is 3.76. The van der Waals surface area contributed by atoms with Crippen LogP contribution in [0.1, 0.15) is 43.0 Å². The first-order valence-electron chi connectivity index (χ1n) is 9.22. The van der Waals surface area contributed by atoms with Crippen LogP contribution in [0.25, 0.3) is 0 Å². The number of likely N-dealkylation sites (tertiary alicyclic amines) is 1. The van der Waals surface area contributed by atoms with E-state index in [2.05, 4.69) is 17.6 Å². The second kappa shape index (κ2) is 9.46. The van der Waals surface area contributed by atoms with Crippen LogP contribution in [0.4, 0.5) is 8.78 Å². The number of nitrogens with one attached hydrogen (secondary N) is 2. The summed E-state index contributed by atoms with van der Waals surface area (Å²) in [6, 6.07) is 3.57. The van der Waals surface area contributed by atoms with Gasteiger partial charge >= 0.3 is 0 Å². The maximum atomic E-state index is 13.8. The van der Waals surface area contributed by atoms with Gasteiger partial charge in [0, 0.05) is 37.2 Å². The molecule has 2 saturated heterocycles. The lowest BCUT2D eigenvalue weighted by atomic mass is 9.93. The quantitative estimate of drug-likeness (QED) is 0.818. The molecular formula is C19H26ClF2N3O2. The summed E-state index contributed by atoms with van der Waals surface area (Å²) in [5, 5.41) is 6.48. The molecule has 3 rings (SSSR count). The number of amides is 2. The highest BCUT2D eigenvalue weighted by Crippen LogP contribution is 2.21. The number of carbonyl (C=O) groups is 2. The number of halogens is 3. The molecule has 0 radical (unpaired) electrons. The number of rotatable bonds is 3. The van der Waals surface area contributed by atoms with Gasteiger partial charge in [-0.1, -0.05) is 0 Å². The van der Waals surface area contributed by atoms with Gasteiger partial charge in [0.1, 0.15) is 11.6 Å². The molecule has 27 heavy (non-hydrogen) atoms. The predicted octanol–water partition coefficient (Wildman–Crippen LogP) is 2.50. The SMILES string of the molecule is CC1CC(NC(=O)C2CCN(C(=O)c3ccc(F)cc3F)CC2)CCN1.Cl. The van der Waals surface area contributed by atoms with E-state index in [0.717, 1.165) is 25.5 Å². The van der Waals surface area contributed by atoms with Crippen molar-refractivity contribution in [2.45, 2.75) is 44.7 Å². The minimum absolute atomic E-state index is 0. The van der Waals surface area contributed by atoms with Crippen LogP contribution in [0.15, 0.2) is 18.2 Å². The number of nitrogens with zero attached hydrogens (tertiary/aromatic N) is 1. The van der Waals surface area contributed by atoms with E-state index in [0.29, 0.717) is 38.0 Å². The molecule has 2 aliphatic heterocycles. The van der Waals surface area contributed by atoms with Crippen molar-refractivity contribution in [2.75, 3.05) is 19.6 Å². The molecule has 2 fully saturated rings. The molecule has 2 N–H and O–H groups in total. The fraction of sp³-hybridized carbons (Fsp3) is 0.579. The molecule has 0 saturated carbocycles. The van der Waals surface area contributed by atoms with Crippen LogP contribution in [-0.4, -0.2) is 48.4 Å². The molecule has 0 aliphatic carbocycles. The maximum Gasteiger partial charge on any atom is 0.256 e. The fourth-order valence-corrected chi connectivity index (χ4v) is 3.76. The Morgan fingerprint density at radius 2 is 1.89 bits per heavy atom. The van der Waals surface area contributed by atoms with E-state index < -0.39 is 17.5 Å². The summed E-state index contributed by atoms with van der Waals surface area (Å²) in [5.41, 5.74) is -0.127. The number of carbonyl (C=O) groups excluding carboxylic acids is 2. The van der Waals surface area contributed by atoms with E-state index >= 15 is 0 Å². The van der Waals surface area contributed by atoms with Gasteiger partial charge in [-0.15, -0.1) is 12.4 Å². The van der Waals surface area contributed by atoms with Crippen LogP contribution >= 0.6 is 12.4 Å². The van der Waals surface area contributed by atoms with Crippen LogP contribution < -0.4 is 10.6 Å². The average molecular weight is 402 g/mol. The first-order valence-corrected chi connectivity index (χ1v) is 9.22. The normalized spacial score (nSPS) is 23.4. The Balaban J connectivity index is 0.00000261. The summed E-state index contributed by atoms with van der Waals surface area (Å²) < 4.78 is 26.8. The summed E-state index contributed by atoms with van der Waals surface area (Å²) in [6.07, 6.45) is 2.96. The Bertz CT molecular complexity index is 681. The van der Waals surface area contributed by atoms with E-state index in [9.17, 15) is 18.4 Å². The van der Waals surface area contributed by atoms with Gasteiger partial charge in [0.25, 0.3) is 5.91 Å². The molecule has 0 bridgehead atoms. The lowest BCUT2D eigenvalue weighted by Crippen LogP contribution is -2.49. The number of hydrogen-bond acceptors (Lipinski definition) is 3. The summed E-state index contributed by atoms with van der Waals surface area (Å²) in [5.74, 6) is -2.09. The Kier molecular flexibility index (Phi) is 7.56. The van der Waals surface area contributed by atoms with Crippen LogP contribution in [-0.2, 0) is 4.79 Å². The second-order valence-electron chi connectivity index (χ2n) is 7.28. The van der Waals surface area contributed by atoms with E-state index in [-0.39, 0.29) is 35.8 Å². The average Bonchev–Trinajstić information content (AvgIpc) is 2.61. The van der Waals surface area contributed by atoms with Gasteiger partial charge in [-0.05, 0) is 51.3 Å². The van der Waals surface area contributed by atoms with Gasteiger partial charge in [-0.2, -0.15) is 0 Å². The highest BCUT2D eigenvalue weighted by atomic mass is 35.5. The third-order valence-electron chi connectivity index (χ3n) is 5.28. The molecule has 8 heteroatoms. The van der Waals surface area contributed by atoms with Gasteiger partial charge in [0.15, 0.2) is 0 Å². The van der Waals surface area contributed by atoms with Gasteiger partial charge < -0.3 is 15.5 Å². The Morgan fingerprint density at radius 3 is 2.52 bits per heavy atom. The lowest BCUT2D eigenvalue weighted by molar-refractivity contribution is -0.127. The zero-order valence-corrected chi connectivity index (χ0v) is 16.2. The highest BCUT2D eigenvalue weighted by molar-refractivity contribution is 5.94. The van der Waals surface area contributed by atoms with Crippen molar-refractivity contribution in [3.63, 3.8) is 0 Å².